The van der Waals surface area contributed by atoms with E-state index in [0.29, 0.717) is 25.2 Å². The molecule has 0 saturated heterocycles. The lowest BCUT2D eigenvalue weighted by molar-refractivity contribution is -0.172. The summed E-state index contributed by atoms with van der Waals surface area (Å²) in [6.07, 6.45) is 0.211. The zero-order chi connectivity index (χ0) is 36.8. The lowest BCUT2D eigenvalue weighted by atomic mass is 9.99. The van der Waals surface area contributed by atoms with Crippen LogP contribution in [0.5, 0.6) is 0 Å². The van der Waals surface area contributed by atoms with Crippen molar-refractivity contribution in [3.8, 4) is 0 Å². The van der Waals surface area contributed by atoms with Gasteiger partial charge in [0.25, 0.3) is 0 Å². The number of thiophene rings is 1. The van der Waals surface area contributed by atoms with Crippen LogP contribution in [0.25, 0.3) is 0 Å². The molecule has 3 amide bonds. The van der Waals surface area contributed by atoms with Gasteiger partial charge in [-0.2, -0.15) is 5.06 Å². The lowest BCUT2D eigenvalue weighted by Crippen LogP contribution is -2.57. The number of hydrogen-bond acceptors (Lipinski definition) is 9. The van der Waals surface area contributed by atoms with E-state index in [9.17, 15) is 14.4 Å². The van der Waals surface area contributed by atoms with Crippen LogP contribution in [0.4, 0.5) is 4.79 Å². The van der Waals surface area contributed by atoms with Crippen LogP contribution in [0.1, 0.15) is 67.2 Å². The van der Waals surface area contributed by atoms with Crippen molar-refractivity contribution in [2.24, 2.45) is 11.8 Å². The molecule has 2 aromatic heterocycles. The zero-order valence-corrected chi connectivity index (χ0v) is 32.0. The van der Waals surface area contributed by atoms with E-state index in [0.717, 1.165) is 26.7 Å². The van der Waals surface area contributed by atoms with Gasteiger partial charge in [0.15, 0.2) is 0 Å². The molecule has 2 aromatic carbocycles. The molecular formula is C39H51N5O5S2. The number of amides is 3. The average molecular weight is 734 g/mol. The first kappa shape index (κ1) is 39.7. The van der Waals surface area contributed by atoms with Crippen molar-refractivity contribution in [2.45, 2.75) is 84.7 Å². The molecule has 12 heteroatoms. The van der Waals surface area contributed by atoms with Gasteiger partial charge in [-0.25, -0.2) is 9.78 Å². The van der Waals surface area contributed by atoms with Gasteiger partial charge in [-0.05, 0) is 34.9 Å². The maximum absolute atomic E-state index is 14.0. The van der Waals surface area contributed by atoms with Crippen LogP contribution in [-0.2, 0) is 45.0 Å². The highest BCUT2D eigenvalue weighted by atomic mass is 32.1. The first-order valence-corrected chi connectivity index (χ1v) is 19.2. The molecule has 2 heterocycles. The molecule has 0 aliphatic rings. The van der Waals surface area contributed by atoms with Crippen molar-refractivity contribution in [3.63, 3.8) is 0 Å². The van der Waals surface area contributed by atoms with E-state index in [1.165, 1.54) is 11.3 Å². The topological polar surface area (TPSA) is 122 Å². The number of hydrogen-bond donors (Lipinski definition) is 3. The van der Waals surface area contributed by atoms with Crippen molar-refractivity contribution < 1.29 is 24.0 Å². The summed E-state index contributed by atoms with van der Waals surface area (Å²) in [6.45, 7) is 10.3. The monoisotopic (exact) mass is 733 g/mol. The Morgan fingerprint density at radius 3 is 2.02 bits per heavy atom. The quantitative estimate of drug-likeness (QED) is 0.0722. The Labute approximate surface area is 309 Å². The maximum Gasteiger partial charge on any atom is 0.408 e. The number of aromatic nitrogens is 1. The number of hydroxylamine groups is 2. The zero-order valence-electron chi connectivity index (χ0n) is 30.3. The van der Waals surface area contributed by atoms with Gasteiger partial charge in [-0.1, -0.05) is 101 Å². The number of nitrogens with one attached hydrogen (secondary N) is 3. The van der Waals surface area contributed by atoms with Crippen LogP contribution in [-0.4, -0.2) is 59.9 Å². The Kier molecular flexibility index (Phi) is 15.6. The smallest absolute Gasteiger partial charge is 0.408 e. The SMILES string of the molecule is CON(CC(Cc1ccccc1)NC(=O)C(NC(=O)C(C)Cc1csc(C(C)C)n1)C(C)C)C(Cc1ccccc1)NC(=O)OCc1cccs1. The summed E-state index contributed by atoms with van der Waals surface area (Å²) in [5.74, 6) is -0.700. The minimum atomic E-state index is -0.763. The maximum atomic E-state index is 14.0. The second kappa shape index (κ2) is 20.1. The van der Waals surface area contributed by atoms with E-state index >= 15 is 0 Å². The highest BCUT2D eigenvalue weighted by molar-refractivity contribution is 7.10. The van der Waals surface area contributed by atoms with E-state index in [1.54, 1.807) is 23.5 Å². The van der Waals surface area contributed by atoms with Gasteiger partial charge in [0.05, 0.1) is 17.8 Å². The molecule has 4 rings (SSSR count). The third-order valence-electron chi connectivity index (χ3n) is 8.41. The number of carbonyl (C=O) groups excluding carboxylic acids is 3. The molecule has 10 nitrogen and oxygen atoms in total. The fourth-order valence-electron chi connectivity index (χ4n) is 5.59. The van der Waals surface area contributed by atoms with Crippen molar-refractivity contribution in [3.05, 3.63) is 110 Å². The Hall–Kier alpha value is -4.10. The molecule has 51 heavy (non-hydrogen) atoms. The highest BCUT2D eigenvalue weighted by Crippen LogP contribution is 2.21. The first-order valence-electron chi connectivity index (χ1n) is 17.4. The number of alkyl carbamates (subject to hydrolysis) is 1. The van der Waals surface area contributed by atoms with Crippen LogP contribution in [0.15, 0.2) is 83.6 Å². The summed E-state index contributed by atoms with van der Waals surface area (Å²) in [5, 5.41) is 15.9. The molecule has 3 N–H and O–H groups in total. The summed E-state index contributed by atoms with van der Waals surface area (Å²) in [6, 6.07) is 22.3. The van der Waals surface area contributed by atoms with Crippen molar-refractivity contribution in [2.75, 3.05) is 13.7 Å². The number of thiazole rings is 1. The van der Waals surface area contributed by atoms with E-state index in [-0.39, 0.29) is 36.8 Å². The molecule has 274 valence electrons. The number of benzene rings is 2. The summed E-state index contributed by atoms with van der Waals surface area (Å²) < 4.78 is 5.54. The predicted octanol–water partition coefficient (Wildman–Crippen LogP) is 6.73. The molecule has 0 bridgehead atoms. The van der Waals surface area contributed by atoms with Crippen molar-refractivity contribution >= 4 is 40.6 Å². The molecule has 0 radical (unpaired) electrons. The van der Waals surface area contributed by atoms with Crippen molar-refractivity contribution in [1.82, 2.24) is 26.0 Å². The van der Waals surface area contributed by atoms with Gasteiger partial charge in [0, 0.05) is 47.5 Å². The molecule has 0 aliphatic carbocycles. The van der Waals surface area contributed by atoms with E-state index in [4.69, 9.17) is 9.57 Å². The Morgan fingerprint density at radius 1 is 0.784 bits per heavy atom. The molecular weight excluding hydrogens is 683 g/mol. The lowest BCUT2D eigenvalue weighted by Gasteiger charge is -2.34. The Morgan fingerprint density at radius 2 is 1.45 bits per heavy atom. The number of ether oxygens (including phenoxy) is 1. The van der Waals surface area contributed by atoms with Crippen LogP contribution in [0.3, 0.4) is 0 Å². The third-order valence-corrected chi connectivity index (χ3v) is 10.5. The predicted molar refractivity (Wildman–Crippen MR) is 203 cm³/mol. The van der Waals surface area contributed by atoms with E-state index in [1.807, 2.05) is 104 Å². The fourth-order valence-corrected chi connectivity index (χ4v) is 7.05. The number of carbonyl (C=O) groups is 3. The molecule has 4 atom stereocenters. The molecule has 0 fully saturated rings. The first-order chi connectivity index (χ1) is 24.5. The minimum Gasteiger partial charge on any atom is -0.444 e. The van der Waals surface area contributed by atoms with Crippen LogP contribution in [0.2, 0.25) is 0 Å². The van der Waals surface area contributed by atoms with Gasteiger partial charge in [-0.3, -0.25) is 9.59 Å². The second-order valence-electron chi connectivity index (χ2n) is 13.4. The van der Waals surface area contributed by atoms with Crippen LogP contribution < -0.4 is 16.0 Å². The molecule has 4 aromatic rings. The van der Waals surface area contributed by atoms with Gasteiger partial charge >= 0.3 is 6.09 Å². The van der Waals surface area contributed by atoms with Crippen LogP contribution in [0, 0.1) is 11.8 Å². The van der Waals surface area contributed by atoms with Crippen molar-refractivity contribution in [1.29, 1.82) is 0 Å². The molecule has 0 saturated carbocycles. The van der Waals surface area contributed by atoms with Gasteiger partial charge in [0.1, 0.15) is 18.8 Å². The largest absolute Gasteiger partial charge is 0.444 e. The number of nitrogens with zero attached hydrogens (tertiary/aromatic N) is 2. The summed E-state index contributed by atoms with van der Waals surface area (Å²) in [7, 11) is 1.54. The van der Waals surface area contributed by atoms with Gasteiger partial charge in [0.2, 0.25) is 11.8 Å². The molecule has 0 spiro atoms. The average Bonchev–Trinajstić information content (AvgIpc) is 3.82. The normalized spacial score (nSPS) is 13.8. The van der Waals surface area contributed by atoms with Gasteiger partial charge < -0.3 is 25.5 Å². The molecule has 4 unspecified atom stereocenters. The van der Waals surface area contributed by atoms with Crippen LogP contribution >= 0.6 is 22.7 Å². The summed E-state index contributed by atoms with van der Waals surface area (Å²) in [4.78, 5) is 52.0. The summed E-state index contributed by atoms with van der Waals surface area (Å²) in [5.41, 5.74) is 2.89. The Balaban J connectivity index is 1.49. The molecule has 0 aliphatic heterocycles. The Bertz CT molecular complexity index is 1630. The highest BCUT2D eigenvalue weighted by Gasteiger charge is 2.31. The third kappa shape index (κ3) is 12.9. The fraction of sp³-hybridized carbons (Fsp3) is 0.436. The van der Waals surface area contributed by atoms with Gasteiger partial charge in [-0.15, -0.1) is 22.7 Å². The minimum absolute atomic E-state index is 0.158. The van der Waals surface area contributed by atoms with E-state index in [2.05, 4.69) is 34.8 Å². The second-order valence-corrected chi connectivity index (χ2v) is 15.3. The van der Waals surface area contributed by atoms with E-state index < -0.39 is 24.3 Å². The number of rotatable bonds is 19. The standard InChI is InChI=1S/C39H51N5O5S2/c1-26(2)35(43-36(45)28(5)20-32-25-51-38(41-32)27(3)4)37(46)40-31(21-29-14-9-7-10-15-29)23-44(48-6)34(22-30-16-11-8-12-17-30)42-39(47)49-24-33-18-13-19-50-33/h7-19,25-28,31,34-35H,20-24H2,1-6H3,(H,40,46)(H,42,47)(H,43,45). The summed E-state index contributed by atoms with van der Waals surface area (Å²) >= 11 is 3.12.